The summed E-state index contributed by atoms with van der Waals surface area (Å²) in [5.41, 5.74) is 0. The molecular formula is C11H25N3S. The Morgan fingerprint density at radius 2 is 1.93 bits per heavy atom. The SMILES string of the molecule is CCNC(=NCC(C)C)NCC(C)SC. The molecule has 0 radical (unpaired) electrons. The van der Waals surface area contributed by atoms with Gasteiger partial charge in [0.1, 0.15) is 0 Å². The van der Waals surface area contributed by atoms with Crippen LogP contribution in [-0.4, -0.2) is 37.1 Å². The zero-order chi connectivity index (χ0) is 11.7. The number of aliphatic imine (C=N–C) groups is 1. The van der Waals surface area contributed by atoms with Crippen LogP contribution in [0.25, 0.3) is 0 Å². The summed E-state index contributed by atoms with van der Waals surface area (Å²) in [6, 6.07) is 0. The highest BCUT2D eigenvalue weighted by Gasteiger charge is 2.01. The molecule has 0 saturated heterocycles. The minimum absolute atomic E-state index is 0.610. The molecule has 0 amide bonds. The van der Waals surface area contributed by atoms with Crippen molar-refractivity contribution in [3.63, 3.8) is 0 Å². The van der Waals surface area contributed by atoms with Gasteiger partial charge < -0.3 is 10.6 Å². The third-order valence-electron chi connectivity index (χ3n) is 1.92. The first kappa shape index (κ1) is 14.6. The molecule has 0 saturated carbocycles. The van der Waals surface area contributed by atoms with E-state index in [1.165, 1.54) is 0 Å². The van der Waals surface area contributed by atoms with E-state index in [-0.39, 0.29) is 0 Å². The van der Waals surface area contributed by atoms with E-state index in [9.17, 15) is 0 Å². The van der Waals surface area contributed by atoms with Crippen LogP contribution in [0.3, 0.4) is 0 Å². The zero-order valence-corrected chi connectivity index (χ0v) is 11.4. The van der Waals surface area contributed by atoms with Gasteiger partial charge in [0.2, 0.25) is 0 Å². The molecule has 15 heavy (non-hydrogen) atoms. The summed E-state index contributed by atoms with van der Waals surface area (Å²) in [7, 11) is 0. The lowest BCUT2D eigenvalue weighted by molar-refractivity contribution is 0.656. The Balaban J connectivity index is 3.97. The van der Waals surface area contributed by atoms with Crippen LogP contribution in [0.5, 0.6) is 0 Å². The van der Waals surface area contributed by atoms with Crippen LogP contribution < -0.4 is 10.6 Å². The van der Waals surface area contributed by atoms with Crippen molar-refractivity contribution >= 4 is 17.7 Å². The van der Waals surface area contributed by atoms with Gasteiger partial charge in [-0.15, -0.1) is 0 Å². The fourth-order valence-corrected chi connectivity index (χ4v) is 1.19. The normalized spacial score (nSPS) is 14.1. The van der Waals surface area contributed by atoms with Gasteiger partial charge in [0.15, 0.2) is 5.96 Å². The van der Waals surface area contributed by atoms with Gasteiger partial charge in [-0.1, -0.05) is 20.8 Å². The van der Waals surface area contributed by atoms with E-state index in [0.717, 1.165) is 25.6 Å². The molecule has 0 fully saturated rings. The topological polar surface area (TPSA) is 36.4 Å². The predicted octanol–water partition coefficient (Wildman–Crippen LogP) is 1.95. The first-order valence-corrected chi connectivity index (χ1v) is 6.93. The maximum atomic E-state index is 4.50. The fraction of sp³-hybridized carbons (Fsp3) is 0.909. The Hall–Kier alpha value is -0.380. The number of nitrogens with one attached hydrogen (secondary N) is 2. The van der Waals surface area contributed by atoms with Gasteiger partial charge in [-0.3, -0.25) is 4.99 Å². The molecule has 1 atom stereocenters. The Kier molecular flexibility index (Phi) is 8.67. The van der Waals surface area contributed by atoms with Gasteiger partial charge in [-0.05, 0) is 19.1 Å². The van der Waals surface area contributed by atoms with E-state index < -0.39 is 0 Å². The second-order valence-electron chi connectivity index (χ2n) is 4.04. The Morgan fingerprint density at radius 3 is 2.40 bits per heavy atom. The van der Waals surface area contributed by atoms with Crippen molar-refractivity contribution in [3.8, 4) is 0 Å². The molecule has 2 N–H and O–H groups in total. The summed E-state index contributed by atoms with van der Waals surface area (Å²) >= 11 is 1.86. The molecule has 0 aliphatic rings. The Labute approximate surface area is 98.5 Å². The summed E-state index contributed by atoms with van der Waals surface area (Å²) in [6.45, 7) is 11.4. The summed E-state index contributed by atoms with van der Waals surface area (Å²) in [5.74, 6) is 1.55. The van der Waals surface area contributed by atoms with Crippen LogP contribution in [0.1, 0.15) is 27.7 Å². The highest BCUT2D eigenvalue weighted by atomic mass is 32.2. The monoisotopic (exact) mass is 231 g/mol. The second-order valence-corrected chi connectivity index (χ2v) is 5.32. The average Bonchev–Trinajstić information content (AvgIpc) is 2.21. The molecule has 0 aliphatic carbocycles. The lowest BCUT2D eigenvalue weighted by Gasteiger charge is -2.14. The Morgan fingerprint density at radius 1 is 1.27 bits per heavy atom. The molecule has 1 unspecified atom stereocenters. The van der Waals surface area contributed by atoms with E-state index >= 15 is 0 Å². The first-order valence-electron chi connectivity index (χ1n) is 5.65. The van der Waals surface area contributed by atoms with E-state index in [1.54, 1.807) is 0 Å². The maximum absolute atomic E-state index is 4.50. The van der Waals surface area contributed by atoms with Crippen LogP contribution >= 0.6 is 11.8 Å². The average molecular weight is 231 g/mol. The Bertz CT molecular complexity index is 181. The lowest BCUT2D eigenvalue weighted by Crippen LogP contribution is -2.40. The van der Waals surface area contributed by atoms with Gasteiger partial charge in [0.25, 0.3) is 0 Å². The van der Waals surface area contributed by atoms with Gasteiger partial charge in [-0.25, -0.2) is 0 Å². The summed E-state index contributed by atoms with van der Waals surface area (Å²) in [6.07, 6.45) is 2.13. The second kappa shape index (κ2) is 8.89. The number of hydrogen-bond donors (Lipinski definition) is 2. The van der Waals surface area contributed by atoms with Crippen LogP contribution in [0.2, 0.25) is 0 Å². The highest BCUT2D eigenvalue weighted by molar-refractivity contribution is 7.99. The number of nitrogens with zero attached hydrogens (tertiary/aromatic N) is 1. The first-order chi connectivity index (χ1) is 7.10. The lowest BCUT2D eigenvalue weighted by atomic mass is 10.2. The van der Waals surface area contributed by atoms with Gasteiger partial charge >= 0.3 is 0 Å². The summed E-state index contributed by atoms with van der Waals surface area (Å²) in [5, 5.41) is 7.21. The third-order valence-corrected chi connectivity index (χ3v) is 2.89. The number of hydrogen-bond acceptors (Lipinski definition) is 2. The standard InChI is InChI=1S/C11H25N3S/c1-6-12-11(13-7-9(2)3)14-8-10(4)15-5/h9-10H,6-8H2,1-5H3,(H2,12,13,14). The van der Waals surface area contributed by atoms with E-state index in [2.05, 4.69) is 49.6 Å². The highest BCUT2D eigenvalue weighted by Crippen LogP contribution is 2.02. The van der Waals surface area contributed by atoms with E-state index in [4.69, 9.17) is 0 Å². The fourth-order valence-electron chi connectivity index (χ4n) is 0.939. The molecule has 0 aliphatic heterocycles. The molecule has 3 nitrogen and oxygen atoms in total. The van der Waals surface area contributed by atoms with Crippen molar-refractivity contribution in [1.29, 1.82) is 0 Å². The van der Waals surface area contributed by atoms with Crippen LogP contribution in [0.15, 0.2) is 4.99 Å². The molecule has 0 bridgehead atoms. The third kappa shape index (κ3) is 8.60. The van der Waals surface area contributed by atoms with Gasteiger partial charge in [-0.2, -0.15) is 11.8 Å². The number of rotatable bonds is 6. The van der Waals surface area contributed by atoms with Crippen molar-refractivity contribution in [2.75, 3.05) is 25.9 Å². The quantitative estimate of drug-likeness (QED) is 0.542. The zero-order valence-electron chi connectivity index (χ0n) is 10.6. The van der Waals surface area contributed by atoms with E-state index in [1.807, 2.05) is 11.8 Å². The largest absolute Gasteiger partial charge is 0.357 e. The smallest absolute Gasteiger partial charge is 0.191 e. The number of guanidine groups is 1. The van der Waals surface area contributed by atoms with Crippen LogP contribution in [0, 0.1) is 5.92 Å². The molecule has 0 spiro atoms. The van der Waals surface area contributed by atoms with Crippen molar-refractivity contribution < 1.29 is 0 Å². The van der Waals surface area contributed by atoms with Crippen molar-refractivity contribution in [2.45, 2.75) is 32.9 Å². The van der Waals surface area contributed by atoms with Crippen molar-refractivity contribution in [3.05, 3.63) is 0 Å². The van der Waals surface area contributed by atoms with Crippen molar-refractivity contribution in [1.82, 2.24) is 10.6 Å². The minimum atomic E-state index is 0.610. The van der Waals surface area contributed by atoms with Crippen LogP contribution in [-0.2, 0) is 0 Å². The van der Waals surface area contributed by atoms with Crippen LogP contribution in [0.4, 0.5) is 0 Å². The minimum Gasteiger partial charge on any atom is -0.357 e. The molecule has 0 heterocycles. The molecule has 4 heteroatoms. The maximum Gasteiger partial charge on any atom is 0.191 e. The number of thioether (sulfide) groups is 1. The van der Waals surface area contributed by atoms with E-state index in [0.29, 0.717) is 11.2 Å². The van der Waals surface area contributed by atoms with Gasteiger partial charge in [0.05, 0.1) is 0 Å². The summed E-state index contributed by atoms with van der Waals surface area (Å²) < 4.78 is 0. The summed E-state index contributed by atoms with van der Waals surface area (Å²) in [4.78, 5) is 4.50. The molecule has 0 aromatic carbocycles. The molecule has 0 aromatic rings. The molecular weight excluding hydrogens is 206 g/mol. The molecule has 0 rings (SSSR count). The predicted molar refractivity (Wildman–Crippen MR) is 71.8 cm³/mol. The van der Waals surface area contributed by atoms with Gasteiger partial charge in [0, 0.05) is 24.9 Å². The molecule has 0 aromatic heterocycles. The molecule has 90 valence electrons. The van der Waals surface area contributed by atoms with Crippen molar-refractivity contribution in [2.24, 2.45) is 10.9 Å².